The minimum atomic E-state index is -1.35. The first-order valence-corrected chi connectivity index (χ1v) is 12.4. The normalized spacial score (nSPS) is 36.8. The van der Waals surface area contributed by atoms with Gasteiger partial charge in [-0.2, -0.15) is 0 Å². The van der Waals surface area contributed by atoms with Gasteiger partial charge in [0.2, 0.25) is 0 Å². The zero-order valence-electron chi connectivity index (χ0n) is 21.6. The summed E-state index contributed by atoms with van der Waals surface area (Å²) in [5.41, 5.74) is 0. The number of rotatable bonds is 9. The molecule has 7 N–H and O–H groups in total. The van der Waals surface area contributed by atoms with E-state index in [0.717, 1.165) is 0 Å². The molecule has 2 aliphatic heterocycles. The van der Waals surface area contributed by atoms with Crippen molar-refractivity contribution in [2.24, 2.45) is 17.8 Å². The van der Waals surface area contributed by atoms with Gasteiger partial charge in [-0.3, -0.25) is 9.59 Å². The second kappa shape index (κ2) is 15.3. The second-order valence-electron chi connectivity index (χ2n) is 10.1. The molecule has 2 aliphatic rings. The molecule has 0 bridgehead atoms. The maximum atomic E-state index is 11.7. The predicted octanol–water partition coefficient (Wildman–Crippen LogP) is -1.17. The van der Waals surface area contributed by atoms with Crippen molar-refractivity contribution < 1.29 is 59.5 Å². The van der Waals surface area contributed by atoms with Crippen LogP contribution in [0.25, 0.3) is 0 Å². The first kappa shape index (κ1) is 32.8. The minimum absolute atomic E-state index is 0.0459. The van der Waals surface area contributed by atoms with Crippen molar-refractivity contribution in [2.75, 3.05) is 6.61 Å². The van der Waals surface area contributed by atoms with Crippen molar-refractivity contribution >= 4 is 11.8 Å². The summed E-state index contributed by atoms with van der Waals surface area (Å²) < 4.78 is 15.1. The molecule has 0 amide bonds. The van der Waals surface area contributed by atoms with Crippen LogP contribution in [0.1, 0.15) is 60.3 Å². The van der Waals surface area contributed by atoms with Gasteiger partial charge in [0.15, 0.2) is 12.6 Å². The van der Waals surface area contributed by atoms with E-state index < -0.39 is 73.6 Å². The number of aliphatic hydroxyl groups is 7. The molecule has 8 unspecified atom stereocenters. The van der Waals surface area contributed by atoms with Crippen LogP contribution in [0.5, 0.6) is 0 Å². The van der Waals surface area contributed by atoms with Crippen molar-refractivity contribution in [3.8, 4) is 0 Å². The first-order valence-electron chi connectivity index (χ1n) is 12.4. The van der Waals surface area contributed by atoms with Crippen LogP contribution in [0.3, 0.4) is 0 Å². The Morgan fingerprint density at radius 3 is 1.69 bits per heavy atom. The van der Waals surface area contributed by atoms with Crippen LogP contribution in [-0.4, -0.2) is 109 Å². The van der Waals surface area contributed by atoms with Crippen LogP contribution >= 0.6 is 0 Å². The Bertz CT molecular complexity index is 615. The van der Waals surface area contributed by atoms with Gasteiger partial charge in [-0.1, -0.05) is 20.8 Å². The highest BCUT2D eigenvalue weighted by Crippen LogP contribution is 2.30. The molecular formula is C24H44O12. The van der Waals surface area contributed by atoms with Gasteiger partial charge >= 0.3 is 5.97 Å². The molecule has 0 saturated carbocycles. The number of esters is 1. The highest BCUT2D eigenvalue weighted by atomic mass is 16.6. The van der Waals surface area contributed by atoms with Gasteiger partial charge in [-0.15, -0.1) is 0 Å². The molecule has 0 radical (unpaired) electrons. The molecule has 36 heavy (non-hydrogen) atoms. The molecule has 2 fully saturated rings. The van der Waals surface area contributed by atoms with E-state index in [0.29, 0.717) is 12.8 Å². The fraction of sp³-hybridized carbons (Fsp3) is 0.917. The molecule has 12 heteroatoms. The zero-order chi connectivity index (χ0) is 27.7. The number of aliphatic hydroxyl groups excluding tert-OH is 7. The third-order valence-electron chi connectivity index (χ3n) is 6.15. The summed E-state index contributed by atoms with van der Waals surface area (Å²) in [6, 6.07) is 0. The van der Waals surface area contributed by atoms with Crippen LogP contribution in [0.15, 0.2) is 0 Å². The molecule has 2 saturated heterocycles. The van der Waals surface area contributed by atoms with Gasteiger partial charge < -0.3 is 50.0 Å². The second-order valence-corrected chi connectivity index (χ2v) is 10.1. The topological polar surface area (TPSA) is 203 Å². The Labute approximate surface area is 211 Å². The van der Waals surface area contributed by atoms with E-state index >= 15 is 0 Å². The molecule has 0 aromatic rings. The molecule has 0 aromatic heterocycles. The van der Waals surface area contributed by atoms with Gasteiger partial charge in [0.05, 0.1) is 37.4 Å². The number of carbonyl (C=O) groups excluding carboxylic acids is 2. The summed E-state index contributed by atoms with van der Waals surface area (Å²) in [6.07, 6.45) is -8.79. The lowest BCUT2D eigenvalue weighted by Crippen LogP contribution is -2.56. The molecule has 2 heterocycles. The lowest BCUT2D eigenvalue weighted by atomic mass is 9.86. The minimum Gasteiger partial charge on any atom is -0.463 e. The number of Topliss-reactive ketones (excluding diaryl/α,β-unsaturated/α-hetero) is 1. The van der Waals surface area contributed by atoms with Crippen LogP contribution < -0.4 is 0 Å². The molecule has 12 nitrogen and oxygen atoms in total. The van der Waals surface area contributed by atoms with Gasteiger partial charge in [-0.25, -0.2) is 0 Å². The maximum Gasteiger partial charge on any atom is 0.306 e. The Morgan fingerprint density at radius 2 is 1.25 bits per heavy atom. The van der Waals surface area contributed by atoms with Crippen molar-refractivity contribution in [3.05, 3.63) is 0 Å². The average molecular weight is 525 g/mol. The first-order chi connectivity index (χ1) is 16.7. The third-order valence-corrected chi connectivity index (χ3v) is 6.15. The van der Waals surface area contributed by atoms with Gasteiger partial charge in [-0.05, 0) is 26.2 Å². The molecular weight excluding hydrogens is 480 g/mol. The highest BCUT2D eigenvalue weighted by molar-refractivity contribution is 5.78. The molecule has 0 aromatic carbocycles. The summed E-state index contributed by atoms with van der Waals surface area (Å²) in [5.74, 6) is -2.14. The monoisotopic (exact) mass is 524 g/mol. The SMILES string of the molecule is CC(C)CC(=O)CC1C(O)O[C@H](CO)C(O)[C@@H]1O.CCC1OC(O)C(CC(=O)OC(C)C)C(O)C1O. The van der Waals surface area contributed by atoms with Gasteiger partial charge in [0, 0.05) is 24.7 Å². The van der Waals surface area contributed by atoms with Gasteiger partial charge in [0.25, 0.3) is 0 Å². The summed E-state index contributed by atoms with van der Waals surface area (Å²) in [4.78, 5) is 23.2. The van der Waals surface area contributed by atoms with E-state index in [4.69, 9.17) is 19.3 Å². The molecule has 10 atom stereocenters. The van der Waals surface area contributed by atoms with Crippen LogP contribution in [0.4, 0.5) is 0 Å². The maximum absolute atomic E-state index is 11.7. The van der Waals surface area contributed by atoms with E-state index in [2.05, 4.69) is 0 Å². The van der Waals surface area contributed by atoms with Gasteiger partial charge in [0.1, 0.15) is 24.1 Å². The smallest absolute Gasteiger partial charge is 0.306 e. The largest absolute Gasteiger partial charge is 0.463 e. The number of ether oxygens (including phenoxy) is 3. The van der Waals surface area contributed by atoms with Crippen LogP contribution in [-0.2, 0) is 23.8 Å². The standard InChI is InChI=1S/2C12H22O6/c1-6(2)3-7(14)4-8-10(15)11(16)9(5-13)18-12(8)17;1-4-8-11(15)10(14)7(12(16)18-8)5-9(13)17-6(2)3/h6,8-13,15-17H,3-5H2,1-2H3;6-8,10-12,14-16H,4-5H2,1-3H3/t8?,9-,10-,11?,12?;/m1./s1. The number of ketones is 1. The Hall–Kier alpha value is -1.22. The highest BCUT2D eigenvalue weighted by Gasteiger charge is 2.45. The summed E-state index contributed by atoms with van der Waals surface area (Å²) in [5, 5.41) is 67.5. The summed E-state index contributed by atoms with van der Waals surface area (Å²) >= 11 is 0. The molecule has 2 rings (SSSR count). The third kappa shape index (κ3) is 9.58. The molecule has 0 spiro atoms. The van der Waals surface area contributed by atoms with E-state index in [1.807, 2.05) is 13.8 Å². The molecule has 0 aliphatic carbocycles. The van der Waals surface area contributed by atoms with E-state index in [1.54, 1.807) is 20.8 Å². The van der Waals surface area contributed by atoms with Crippen LogP contribution in [0, 0.1) is 17.8 Å². The number of hydrogen-bond donors (Lipinski definition) is 7. The lowest BCUT2D eigenvalue weighted by Gasteiger charge is -2.40. The summed E-state index contributed by atoms with van der Waals surface area (Å²) in [6.45, 7) is 8.51. The Morgan fingerprint density at radius 1 is 0.778 bits per heavy atom. The Balaban J connectivity index is 0.000000360. The fourth-order valence-electron chi connectivity index (χ4n) is 4.24. The number of hydrogen-bond acceptors (Lipinski definition) is 12. The quantitative estimate of drug-likeness (QED) is 0.178. The fourth-order valence-corrected chi connectivity index (χ4v) is 4.24. The lowest BCUT2D eigenvalue weighted by molar-refractivity contribution is -0.269. The van der Waals surface area contributed by atoms with E-state index in [-0.39, 0.29) is 30.6 Å². The van der Waals surface area contributed by atoms with Crippen molar-refractivity contribution in [2.45, 2.75) is 116 Å². The van der Waals surface area contributed by atoms with Crippen molar-refractivity contribution in [3.63, 3.8) is 0 Å². The van der Waals surface area contributed by atoms with Crippen molar-refractivity contribution in [1.82, 2.24) is 0 Å². The molecule has 212 valence electrons. The number of carbonyl (C=O) groups is 2. The van der Waals surface area contributed by atoms with Crippen LogP contribution in [0.2, 0.25) is 0 Å². The zero-order valence-corrected chi connectivity index (χ0v) is 21.6. The van der Waals surface area contributed by atoms with Crippen molar-refractivity contribution in [1.29, 1.82) is 0 Å². The summed E-state index contributed by atoms with van der Waals surface area (Å²) in [7, 11) is 0. The van der Waals surface area contributed by atoms with E-state index in [9.17, 15) is 40.2 Å². The average Bonchev–Trinajstić information content (AvgIpc) is 2.78. The predicted molar refractivity (Wildman–Crippen MR) is 125 cm³/mol. The Kier molecular flexibility index (Phi) is 13.9. The van der Waals surface area contributed by atoms with E-state index in [1.165, 1.54) is 0 Å².